The van der Waals surface area contributed by atoms with E-state index in [1.165, 1.54) is 6.21 Å². The number of nitrogens with zero attached hydrogens (tertiary/aromatic N) is 3. The predicted molar refractivity (Wildman–Crippen MR) is 83.2 cm³/mol. The molecule has 0 saturated carbocycles. The molecule has 0 unspecified atom stereocenters. The van der Waals surface area contributed by atoms with Gasteiger partial charge in [-0.1, -0.05) is 15.9 Å². The van der Waals surface area contributed by atoms with E-state index >= 15 is 0 Å². The average molecular weight is 351 g/mol. The zero-order valence-electron chi connectivity index (χ0n) is 11.7. The number of hydrazone groups is 1. The molecule has 0 aliphatic rings. The van der Waals surface area contributed by atoms with Crippen molar-refractivity contribution in [3.8, 4) is 5.75 Å². The van der Waals surface area contributed by atoms with Crippen LogP contribution in [0.15, 0.2) is 33.8 Å². The minimum atomic E-state index is -0.285. The van der Waals surface area contributed by atoms with Crippen LogP contribution in [-0.4, -0.2) is 27.0 Å². The normalized spacial score (nSPS) is 11.0. The highest BCUT2D eigenvalue weighted by Crippen LogP contribution is 2.19. The molecule has 0 aliphatic carbocycles. The van der Waals surface area contributed by atoms with Crippen molar-refractivity contribution < 1.29 is 9.90 Å². The summed E-state index contributed by atoms with van der Waals surface area (Å²) in [6, 6.07) is 6.86. The number of aromatic hydroxyl groups is 1. The Balaban J connectivity index is 1.96. The van der Waals surface area contributed by atoms with E-state index in [4.69, 9.17) is 0 Å². The molecule has 7 heteroatoms. The Hall–Kier alpha value is -2.15. The van der Waals surface area contributed by atoms with Crippen molar-refractivity contribution >= 4 is 28.1 Å². The summed E-state index contributed by atoms with van der Waals surface area (Å²) in [4.78, 5) is 11.8. The van der Waals surface area contributed by atoms with Gasteiger partial charge in [0.05, 0.1) is 11.9 Å². The number of phenolic OH excluding ortho intramolecular Hbond substituents is 1. The molecule has 21 heavy (non-hydrogen) atoms. The number of phenols is 1. The van der Waals surface area contributed by atoms with Gasteiger partial charge in [0, 0.05) is 15.7 Å². The van der Waals surface area contributed by atoms with Gasteiger partial charge in [0.15, 0.2) is 0 Å². The lowest BCUT2D eigenvalue weighted by Gasteiger charge is -2.03. The topological polar surface area (TPSA) is 79.5 Å². The fourth-order valence-electron chi connectivity index (χ4n) is 1.81. The van der Waals surface area contributed by atoms with Crippen LogP contribution in [0.5, 0.6) is 5.75 Å². The van der Waals surface area contributed by atoms with Gasteiger partial charge in [-0.15, -0.1) is 0 Å². The van der Waals surface area contributed by atoms with Gasteiger partial charge in [-0.3, -0.25) is 9.48 Å². The molecule has 0 radical (unpaired) electrons. The summed E-state index contributed by atoms with van der Waals surface area (Å²) >= 11 is 3.30. The largest absolute Gasteiger partial charge is 0.507 e. The van der Waals surface area contributed by atoms with Crippen LogP contribution in [0.25, 0.3) is 0 Å². The first kappa shape index (κ1) is 15.2. The fraction of sp³-hybridized carbons (Fsp3) is 0.214. The van der Waals surface area contributed by atoms with E-state index in [0.29, 0.717) is 5.56 Å². The summed E-state index contributed by atoms with van der Waals surface area (Å²) in [5.74, 6) is -0.193. The first-order valence-corrected chi connectivity index (χ1v) is 7.06. The third-order valence-corrected chi connectivity index (χ3v) is 3.27. The smallest absolute Gasteiger partial charge is 0.261 e. The monoisotopic (exact) mass is 350 g/mol. The number of nitrogens with one attached hydrogen (secondary N) is 1. The van der Waals surface area contributed by atoms with E-state index in [-0.39, 0.29) is 18.2 Å². The summed E-state index contributed by atoms with van der Waals surface area (Å²) in [5, 5.41) is 17.7. The van der Waals surface area contributed by atoms with Crippen LogP contribution in [0.3, 0.4) is 0 Å². The zero-order valence-corrected chi connectivity index (χ0v) is 13.3. The Morgan fingerprint density at radius 3 is 2.90 bits per heavy atom. The van der Waals surface area contributed by atoms with Crippen LogP contribution in [0.4, 0.5) is 0 Å². The molecule has 110 valence electrons. The number of carbonyl (C=O) groups excluding carboxylic acids is 1. The van der Waals surface area contributed by atoms with E-state index < -0.39 is 0 Å². The maximum Gasteiger partial charge on any atom is 0.261 e. The van der Waals surface area contributed by atoms with Crippen LogP contribution in [-0.2, 0) is 11.3 Å². The van der Waals surface area contributed by atoms with E-state index in [1.54, 1.807) is 22.9 Å². The molecule has 0 saturated heterocycles. The zero-order chi connectivity index (χ0) is 15.4. The van der Waals surface area contributed by atoms with Crippen molar-refractivity contribution in [3.63, 3.8) is 0 Å². The van der Waals surface area contributed by atoms with Crippen molar-refractivity contribution in [1.82, 2.24) is 15.2 Å². The number of halogens is 1. The maximum absolute atomic E-state index is 11.8. The molecule has 2 N–H and O–H groups in total. The third-order valence-electron chi connectivity index (χ3n) is 2.78. The molecule has 1 aromatic carbocycles. The summed E-state index contributed by atoms with van der Waals surface area (Å²) in [7, 11) is 0. The van der Waals surface area contributed by atoms with Gasteiger partial charge in [0.25, 0.3) is 5.91 Å². The van der Waals surface area contributed by atoms with Crippen LogP contribution in [0.1, 0.15) is 17.0 Å². The van der Waals surface area contributed by atoms with Crippen LogP contribution < -0.4 is 5.43 Å². The lowest BCUT2D eigenvalue weighted by atomic mass is 10.2. The molecule has 0 atom stereocenters. The van der Waals surface area contributed by atoms with Gasteiger partial charge in [-0.2, -0.15) is 10.2 Å². The standard InChI is InChI=1S/C14H15BrN4O2/c1-9-5-10(2)19(18-9)8-14(21)17-16-7-11-6-12(15)3-4-13(11)20/h3-7,20H,8H2,1-2H3,(H,17,21)/b16-7+. The summed E-state index contributed by atoms with van der Waals surface area (Å²) in [6.07, 6.45) is 1.39. The molecule has 0 fully saturated rings. The Morgan fingerprint density at radius 2 is 2.24 bits per heavy atom. The highest BCUT2D eigenvalue weighted by Gasteiger charge is 2.06. The van der Waals surface area contributed by atoms with Gasteiger partial charge in [0.1, 0.15) is 12.3 Å². The number of hydrogen-bond acceptors (Lipinski definition) is 4. The number of amides is 1. The molecule has 1 amide bonds. The summed E-state index contributed by atoms with van der Waals surface area (Å²) < 4.78 is 2.42. The highest BCUT2D eigenvalue weighted by atomic mass is 79.9. The lowest BCUT2D eigenvalue weighted by molar-refractivity contribution is -0.121. The van der Waals surface area contributed by atoms with Crippen molar-refractivity contribution in [2.24, 2.45) is 5.10 Å². The first-order chi connectivity index (χ1) is 9.95. The molecule has 0 aliphatic heterocycles. The highest BCUT2D eigenvalue weighted by molar-refractivity contribution is 9.10. The van der Waals surface area contributed by atoms with Crippen molar-refractivity contribution in [2.75, 3.05) is 0 Å². The number of hydrogen-bond donors (Lipinski definition) is 2. The van der Waals surface area contributed by atoms with Gasteiger partial charge >= 0.3 is 0 Å². The van der Waals surface area contributed by atoms with E-state index in [0.717, 1.165) is 15.9 Å². The van der Waals surface area contributed by atoms with Crippen molar-refractivity contribution in [2.45, 2.75) is 20.4 Å². The molecule has 6 nitrogen and oxygen atoms in total. The SMILES string of the molecule is Cc1cc(C)n(CC(=O)N/N=C/c2cc(Br)ccc2O)n1. The molecular weight excluding hydrogens is 336 g/mol. The molecule has 0 spiro atoms. The lowest BCUT2D eigenvalue weighted by Crippen LogP contribution is -2.24. The molecule has 2 aromatic rings. The Labute approximate surface area is 130 Å². The Kier molecular flexibility index (Phi) is 4.74. The second-order valence-corrected chi connectivity index (χ2v) is 5.50. The predicted octanol–water partition coefficient (Wildman–Crippen LogP) is 2.12. The van der Waals surface area contributed by atoms with Crippen molar-refractivity contribution in [1.29, 1.82) is 0 Å². The Bertz CT molecular complexity index is 694. The number of carbonyl (C=O) groups is 1. The number of benzene rings is 1. The number of aryl methyl sites for hydroxylation is 2. The van der Waals surface area contributed by atoms with Crippen molar-refractivity contribution in [3.05, 3.63) is 45.7 Å². The minimum Gasteiger partial charge on any atom is -0.507 e. The van der Waals surface area contributed by atoms with Gasteiger partial charge in [-0.25, -0.2) is 5.43 Å². The number of rotatable bonds is 4. The van der Waals surface area contributed by atoms with Gasteiger partial charge < -0.3 is 5.11 Å². The molecular formula is C14H15BrN4O2. The van der Waals surface area contributed by atoms with Crippen LogP contribution in [0, 0.1) is 13.8 Å². The second kappa shape index (κ2) is 6.53. The quantitative estimate of drug-likeness (QED) is 0.654. The van der Waals surface area contributed by atoms with Gasteiger partial charge in [-0.05, 0) is 38.1 Å². The fourth-order valence-corrected chi connectivity index (χ4v) is 2.19. The first-order valence-electron chi connectivity index (χ1n) is 6.27. The minimum absolute atomic E-state index is 0.0924. The van der Waals surface area contributed by atoms with Crippen LogP contribution in [0.2, 0.25) is 0 Å². The maximum atomic E-state index is 11.8. The van der Waals surface area contributed by atoms with E-state index in [2.05, 4.69) is 31.6 Å². The van der Waals surface area contributed by atoms with E-state index in [9.17, 15) is 9.90 Å². The van der Waals surface area contributed by atoms with Gasteiger partial charge in [0.2, 0.25) is 0 Å². The number of aromatic nitrogens is 2. The van der Waals surface area contributed by atoms with Crippen LogP contribution >= 0.6 is 15.9 Å². The molecule has 2 rings (SSSR count). The molecule has 0 bridgehead atoms. The average Bonchev–Trinajstić information content (AvgIpc) is 2.72. The third kappa shape index (κ3) is 4.16. The summed E-state index contributed by atoms with van der Waals surface area (Å²) in [5.41, 5.74) is 4.69. The summed E-state index contributed by atoms with van der Waals surface area (Å²) in [6.45, 7) is 3.85. The second-order valence-electron chi connectivity index (χ2n) is 4.58. The Morgan fingerprint density at radius 1 is 1.48 bits per heavy atom. The van der Waals surface area contributed by atoms with E-state index in [1.807, 2.05) is 19.9 Å². The molecule has 1 heterocycles. The molecule has 1 aromatic heterocycles.